The summed E-state index contributed by atoms with van der Waals surface area (Å²) in [5.74, 6) is -0.290. The van der Waals surface area contributed by atoms with Crippen molar-refractivity contribution in [1.29, 1.82) is 0 Å². The van der Waals surface area contributed by atoms with E-state index < -0.39 is 11.9 Å². The van der Waals surface area contributed by atoms with Gasteiger partial charge in [0.15, 0.2) is 0 Å². The SMILES string of the molecule is CC(C)COC(=O)c1ccc(OC(=O)c2cccc(Cl)c2)cc1. The maximum Gasteiger partial charge on any atom is 0.343 e. The molecular formula is C18H17ClO4. The minimum absolute atomic E-state index is 0.275. The predicted molar refractivity (Wildman–Crippen MR) is 88.0 cm³/mol. The first kappa shape index (κ1) is 17.0. The average Bonchev–Trinajstić information content (AvgIpc) is 2.53. The van der Waals surface area contributed by atoms with Gasteiger partial charge in [0.1, 0.15) is 5.75 Å². The Kier molecular flexibility index (Phi) is 5.77. The number of hydrogen-bond donors (Lipinski definition) is 0. The Hall–Kier alpha value is -2.33. The number of ether oxygens (including phenoxy) is 2. The highest BCUT2D eigenvalue weighted by molar-refractivity contribution is 6.30. The van der Waals surface area contributed by atoms with Gasteiger partial charge in [0.2, 0.25) is 0 Å². The van der Waals surface area contributed by atoms with Gasteiger partial charge < -0.3 is 9.47 Å². The lowest BCUT2D eigenvalue weighted by atomic mass is 10.2. The fourth-order valence-electron chi connectivity index (χ4n) is 1.77. The molecule has 0 aliphatic carbocycles. The van der Waals surface area contributed by atoms with Crippen LogP contribution in [0.3, 0.4) is 0 Å². The smallest absolute Gasteiger partial charge is 0.343 e. The van der Waals surface area contributed by atoms with E-state index in [2.05, 4.69) is 0 Å². The van der Waals surface area contributed by atoms with E-state index >= 15 is 0 Å². The molecule has 0 amide bonds. The molecule has 120 valence electrons. The van der Waals surface area contributed by atoms with Crippen LogP contribution in [0.1, 0.15) is 34.6 Å². The van der Waals surface area contributed by atoms with Gasteiger partial charge >= 0.3 is 11.9 Å². The van der Waals surface area contributed by atoms with E-state index in [1.54, 1.807) is 42.5 Å². The normalized spacial score (nSPS) is 10.4. The second-order valence-electron chi connectivity index (χ2n) is 5.42. The largest absolute Gasteiger partial charge is 0.462 e. The molecule has 0 heterocycles. The Morgan fingerprint density at radius 1 is 1.00 bits per heavy atom. The molecule has 5 heteroatoms. The Bertz CT molecular complexity index is 692. The van der Waals surface area contributed by atoms with Gasteiger partial charge in [-0.2, -0.15) is 0 Å². The molecule has 0 aliphatic rings. The van der Waals surface area contributed by atoms with Crippen molar-refractivity contribution >= 4 is 23.5 Å². The zero-order valence-corrected chi connectivity index (χ0v) is 13.7. The van der Waals surface area contributed by atoms with Crippen molar-refractivity contribution < 1.29 is 19.1 Å². The molecule has 0 saturated heterocycles. The minimum atomic E-state index is -0.511. The molecule has 4 nitrogen and oxygen atoms in total. The second kappa shape index (κ2) is 7.79. The van der Waals surface area contributed by atoms with E-state index in [1.807, 2.05) is 13.8 Å². The summed E-state index contributed by atoms with van der Waals surface area (Å²) in [6.07, 6.45) is 0. The van der Waals surface area contributed by atoms with Gasteiger partial charge in [0.25, 0.3) is 0 Å². The Morgan fingerprint density at radius 2 is 1.70 bits per heavy atom. The van der Waals surface area contributed by atoms with Gasteiger partial charge in [0, 0.05) is 5.02 Å². The Labute approximate surface area is 140 Å². The fourth-order valence-corrected chi connectivity index (χ4v) is 1.96. The summed E-state index contributed by atoms with van der Waals surface area (Å²) in [4.78, 5) is 23.8. The number of rotatable bonds is 5. The van der Waals surface area contributed by atoms with Gasteiger partial charge in [-0.3, -0.25) is 0 Å². The van der Waals surface area contributed by atoms with Gasteiger partial charge in [-0.15, -0.1) is 0 Å². The number of benzene rings is 2. The van der Waals surface area contributed by atoms with Gasteiger partial charge in [0.05, 0.1) is 17.7 Å². The molecule has 0 fully saturated rings. The third kappa shape index (κ3) is 5.11. The quantitative estimate of drug-likeness (QED) is 0.602. The van der Waals surface area contributed by atoms with E-state index in [0.717, 1.165) is 0 Å². The van der Waals surface area contributed by atoms with Crippen molar-refractivity contribution in [2.45, 2.75) is 13.8 Å². The van der Waals surface area contributed by atoms with Crippen molar-refractivity contribution in [3.8, 4) is 5.75 Å². The first-order chi connectivity index (χ1) is 11.0. The topological polar surface area (TPSA) is 52.6 Å². The lowest BCUT2D eigenvalue weighted by Gasteiger charge is -2.08. The molecule has 2 rings (SSSR count). The molecule has 2 aromatic rings. The monoisotopic (exact) mass is 332 g/mol. The summed E-state index contributed by atoms with van der Waals surface area (Å²) < 4.78 is 10.4. The third-order valence-electron chi connectivity index (χ3n) is 2.91. The maximum absolute atomic E-state index is 12.0. The fraction of sp³-hybridized carbons (Fsp3) is 0.222. The summed E-state index contributed by atoms with van der Waals surface area (Å²) in [7, 11) is 0. The van der Waals surface area contributed by atoms with Crippen LogP contribution in [0, 0.1) is 5.92 Å². The molecular weight excluding hydrogens is 316 g/mol. The molecule has 0 radical (unpaired) electrons. The molecule has 0 N–H and O–H groups in total. The van der Waals surface area contributed by atoms with E-state index in [9.17, 15) is 9.59 Å². The van der Waals surface area contributed by atoms with E-state index in [0.29, 0.717) is 28.5 Å². The summed E-state index contributed by atoms with van der Waals surface area (Å²) >= 11 is 5.84. The predicted octanol–water partition coefficient (Wildman–Crippen LogP) is 4.37. The van der Waals surface area contributed by atoms with Crippen molar-refractivity contribution in [3.05, 3.63) is 64.7 Å². The van der Waals surface area contributed by atoms with E-state index in [-0.39, 0.29) is 5.92 Å². The van der Waals surface area contributed by atoms with Crippen LogP contribution in [0.15, 0.2) is 48.5 Å². The van der Waals surface area contributed by atoms with E-state index in [1.165, 1.54) is 6.07 Å². The number of esters is 2. The summed E-state index contributed by atoms with van der Waals surface area (Å²) in [5.41, 5.74) is 0.770. The molecule has 23 heavy (non-hydrogen) atoms. The first-order valence-corrected chi connectivity index (χ1v) is 7.58. The Morgan fingerprint density at radius 3 is 2.30 bits per heavy atom. The summed E-state index contributed by atoms with van der Waals surface area (Å²) in [6.45, 7) is 4.29. The van der Waals surface area contributed by atoms with Gasteiger partial charge in [-0.1, -0.05) is 31.5 Å². The van der Waals surface area contributed by atoms with Crippen LogP contribution in [0.25, 0.3) is 0 Å². The second-order valence-corrected chi connectivity index (χ2v) is 5.85. The highest BCUT2D eigenvalue weighted by Crippen LogP contribution is 2.17. The zero-order chi connectivity index (χ0) is 16.8. The van der Waals surface area contributed by atoms with Crippen LogP contribution in [-0.4, -0.2) is 18.5 Å². The maximum atomic E-state index is 12.0. The van der Waals surface area contributed by atoms with Crippen LogP contribution in [-0.2, 0) is 4.74 Å². The Balaban J connectivity index is 1.99. The van der Waals surface area contributed by atoms with Crippen molar-refractivity contribution in [3.63, 3.8) is 0 Å². The molecule has 0 atom stereocenters. The molecule has 0 saturated carbocycles. The van der Waals surface area contributed by atoms with Crippen LogP contribution in [0.5, 0.6) is 5.75 Å². The molecule has 0 bridgehead atoms. The number of carbonyl (C=O) groups excluding carboxylic acids is 2. The zero-order valence-electron chi connectivity index (χ0n) is 12.9. The molecule has 2 aromatic carbocycles. The minimum Gasteiger partial charge on any atom is -0.462 e. The van der Waals surface area contributed by atoms with Gasteiger partial charge in [-0.05, 0) is 48.4 Å². The summed E-state index contributed by atoms with van der Waals surface area (Å²) in [6, 6.07) is 12.7. The van der Waals surface area contributed by atoms with Gasteiger partial charge in [-0.25, -0.2) is 9.59 Å². The van der Waals surface area contributed by atoms with Crippen LogP contribution < -0.4 is 4.74 Å². The van der Waals surface area contributed by atoms with Crippen LogP contribution in [0.2, 0.25) is 5.02 Å². The summed E-state index contributed by atoms with van der Waals surface area (Å²) in [5, 5.41) is 0.461. The average molecular weight is 333 g/mol. The van der Waals surface area contributed by atoms with Crippen LogP contribution >= 0.6 is 11.6 Å². The molecule has 0 aromatic heterocycles. The van der Waals surface area contributed by atoms with Crippen molar-refractivity contribution in [1.82, 2.24) is 0 Å². The van der Waals surface area contributed by atoms with Crippen molar-refractivity contribution in [2.24, 2.45) is 5.92 Å². The lowest BCUT2D eigenvalue weighted by molar-refractivity contribution is 0.0459. The molecule has 0 spiro atoms. The standard InChI is InChI=1S/C18H17ClO4/c1-12(2)11-22-17(20)13-6-8-16(9-7-13)23-18(21)14-4-3-5-15(19)10-14/h3-10,12H,11H2,1-2H3. The third-order valence-corrected chi connectivity index (χ3v) is 3.14. The highest BCUT2D eigenvalue weighted by Gasteiger charge is 2.11. The molecule has 0 unspecified atom stereocenters. The number of carbonyl (C=O) groups is 2. The highest BCUT2D eigenvalue weighted by atomic mass is 35.5. The van der Waals surface area contributed by atoms with E-state index in [4.69, 9.17) is 21.1 Å². The number of hydrogen-bond acceptors (Lipinski definition) is 4. The first-order valence-electron chi connectivity index (χ1n) is 7.20. The molecule has 0 aliphatic heterocycles. The van der Waals surface area contributed by atoms with Crippen molar-refractivity contribution in [2.75, 3.05) is 6.61 Å². The number of halogens is 1. The lowest BCUT2D eigenvalue weighted by Crippen LogP contribution is -2.11. The van der Waals surface area contributed by atoms with Crippen LogP contribution in [0.4, 0.5) is 0 Å².